The van der Waals surface area contributed by atoms with Gasteiger partial charge in [0.2, 0.25) is 5.91 Å². The van der Waals surface area contributed by atoms with Crippen LogP contribution in [0.4, 0.5) is 0 Å². The van der Waals surface area contributed by atoms with Gasteiger partial charge in [-0.15, -0.1) is 10.2 Å². The van der Waals surface area contributed by atoms with Gasteiger partial charge in [-0.1, -0.05) is 30.0 Å². The van der Waals surface area contributed by atoms with Crippen LogP contribution >= 0.6 is 11.8 Å². The van der Waals surface area contributed by atoms with Crippen molar-refractivity contribution in [1.29, 1.82) is 0 Å². The fourth-order valence-electron chi connectivity index (χ4n) is 2.66. The molecule has 0 unspecified atom stereocenters. The summed E-state index contributed by atoms with van der Waals surface area (Å²) in [7, 11) is 3.50. The van der Waals surface area contributed by atoms with Gasteiger partial charge < -0.3 is 19.0 Å². The van der Waals surface area contributed by atoms with Gasteiger partial charge in [0, 0.05) is 19.2 Å². The van der Waals surface area contributed by atoms with Gasteiger partial charge in [0.25, 0.3) is 0 Å². The molecule has 1 N–H and O–H groups in total. The van der Waals surface area contributed by atoms with Crippen molar-refractivity contribution in [2.75, 3.05) is 7.11 Å². The van der Waals surface area contributed by atoms with E-state index in [0.717, 1.165) is 22.6 Å². The Kier molecular flexibility index (Phi) is 5.85. The molecule has 0 aliphatic rings. The highest BCUT2D eigenvalue weighted by Crippen LogP contribution is 2.28. The van der Waals surface area contributed by atoms with Crippen LogP contribution in [0.5, 0.6) is 5.75 Å². The number of nitrogens with zero attached hydrogens (tertiary/aromatic N) is 3. The van der Waals surface area contributed by atoms with Crippen LogP contribution in [0.15, 0.2) is 46.2 Å². The van der Waals surface area contributed by atoms with Gasteiger partial charge in [0.15, 0.2) is 11.0 Å². The smallest absolute Gasteiger partial charge is 0.233 e. The number of hydrogen-bond donors (Lipinski definition) is 1. The van der Waals surface area contributed by atoms with Gasteiger partial charge >= 0.3 is 0 Å². The largest absolute Gasteiger partial charge is 0.496 e. The van der Waals surface area contributed by atoms with E-state index in [4.69, 9.17) is 9.15 Å². The average Bonchev–Trinajstić information content (AvgIpc) is 3.25. The molecule has 0 bridgehead atoms. The molecule has 0 radical (unpaired) electrons. The highest BCUT2D eigenvalue weighted by Gasteiger charge is 2.20. The molecule has 0 saturated heterocycles. The number of methoxy groups -OCH3 is 1. The molecular formula is C19H22N4O3S. The standard InChI is InChI=1S/C19H22N4O3S/c1-12-15(9-10-26-12)17-21-22-19(23(17)3)27-13(2)18(24)20-11-14-7-5-6-8-16(14)25-4/h5-10,13H,11H2,1-4H3,(H,20,24)/t13-/m0/s1. The average molecular weight is 386 g/mol. The number of thioether (sulfide) groups is 1. The second-order valence-electron chi connectivity index (χ2n) is 6.05. The molecule has 1 atom stereocenters. The minimum Gasteiger partial charge on any atom is -0.496 e. The van der Waals surface area contributed by atoms with Crippen LogP contribution < -0.4 is 10.1 Å². The Bertz CT molecular complexity index is 935. The molecule has 1 amide bonds. The molecule has 8 heteroatoms. The monoisotopic (exact) mass is 386 g/mol. The molecule has 0 spiro atoms. The molecule has 7 nitrogen and oxygen atoms in total. The molecule has 3 aromatic rings. The van der Waals surface area contributed by atoms with Crippen molar-refractivity contribution in [1.82, 2.24) is 20.1 Å². The Balaban J connectivity index is 1.63. The van der Waals surface area contributed by atoms with Crippen molar-refractivity contribution in [3.8, 4) is 17.1 Å². The number of furan rings is 1. The lowest BCUT2D eigenvalue weighted by atomic mass is 10.2. The van der Waals surface area contributed by atoms with Crippen LogP contribution in [-0.2, 0) is 18.4 Å². The second-order valence-corrected chi connectivity index (χ2v) is 7.35. The van der Waals surface area contributed by atoms with E-state index in [0.29, 0.717) is 17.5 Å². The summed E-state index contributed by atoms with van der Waals surface area (Å²) in [5.41, 5.74) is 1.83. The molecule has 0 aliphatic carbocycles. The highest BCUT2D eigenvalue weighted by atomic mass is 32.2. The van der Waals surface area contributed by atoms with Crippen molar-refractivity contribution in [2.45, 2.75) is 30.8 Å². The molecule has 1 aromatic carbocycles. The maximum atomic E-state index is 12.5. The van der Waals surface area contributed by atoms with Gasteiger partial charge in [-0.2, -0.15) is 0 Å². The zero-order valence-electron chi connectivity index (χ0n) is 15.7. The zero-order chi connectivity index (χ0) is 19.4. The summed E-state index contributed by atoms with van der Waals surface area (Å²) in [6.45, 7) is 4.14. The van der Waals surface area contributed by atoms with Gasteiger partial charge in [0.05, 0.1) is 24.2 Å². The Morgan fingerprint density at radius 1 is 1.33 bits per heavy atom. The Labute approximate surface area is 162 Å². The number of rotatable bonds is 7. The van der Waals surface area contributed by atoms with Crippen molar-refractivity contribution in [2.24, 2.45) is 7.05 Å². The molecular weight excluding hydrogens is 364 g/mol. The molecule has 27 heavy (non-hydrogen) atoms. The maximum absolute atomic E-state index is 12.5. The van der Waals surface area contributed by atoms with Gasteiger partial charge in [-0.3, -0.25) is 4.79 Å². The normalized spacial score (nSPS) is 12.0. The molecule has 0 saturated carbocycles. The molecule has 2 aromatic heterocycles. The fraction of sp³-hybridized carbons (Fsp3) is 0.316. The predicted molar refractivity (Wildman–Crippen MR) is 104 cm³/mol. The van der Waals surface area contributed by atoms with E-state index in [1.807, 2.05) is 55.8 Å². The minimum atomic E-state index is -0.319. The van der Waals surface area contributed by atoms with Gasteiger partial charge in [-0.05, 0) is 26.0 Å². The topological polar surface area (TPSA) is 82.2 Å². The lowest BCUT2D eigenvalue weighted by molar-refractivity contribution is -0.120. The van der Waals surface area contributed by atoms with E-state index in [2.05, 4.69) is 15.5 Å². The minimum absolute atomic E-state index is 0.0741. The van der Waals surface area contributed by atoms with E-state index in [-0.39, 0.29) is 11.2 Å². The summed E-state index contributed by atoms with van der Waals surface area (Å²) >= 11 is 1.36. The number of para-hydroxylation sites is 1. The third kappa shape index (κ3) is 4.16. The predicted octanol–water partition coefficient (Wildman–Crippen LogP) is 3.19. The first-order valence-electron chi connectivity index (χ1n) is 8.51. The number of aromatic nitrogens is 3. The number of benzene rings is 1. The zero-order valence-corrected chi connectivity index (χ0v) is 16.5. The van der Waals surface area contributed by atoms with Crippen LogP contribution in [-0.4, -0.2) is 33.0 Å². The Hall–Kier alpha value is -2.74. The lowest BCUT2D eigenvalue weighted by Gasteiger charge is -2.13. The van der Waals surface area contributed by atoms with Crippen LogP contribution in [0.2, 0.25) is 0 Å². The SMILES string of the molecule is COc1ccccc1CNC(=O)[C@H](C)Sc1nnc(-c2ccoc2C)n1C. The fourth-order valence-corrected chi connectivity index (χ4v) is 3.49. The quantitative estimate of drug-likeness (QED) is 0.628. The molecule has 2 heterocycles. The molecule has 0 fully saturated rings. The van der Waals surface area contributed by atoms with E-state index in [1.54, 1.807) is 13.4 Å². The van der Waals surface area contributed by atoms with Crippen LogP contribution in [0.25, 0.3) is 11.4 Å². The summed E-state index contributed by atoms with van der Waals surface area (Å²) < 4.78 is 12.5. The number of hydrogen-bond acceptors (Lipinski definition) is 6. The number of carbonyl (C=O) groups is 1. The van der Waals surface area contributed by atoms with Crippen molar-refractivity contribution >= 4 is 17.7 Å². The lowest BCUT2D eigenvalue weighted by Crippen LogP contribution is -2.30. The summed E-state index contributed by atoms with van der Waals surface area (Å²) in [6.07, 6.45) is 1.63. The first-order chi connectivity index (χ1) is 13.0. The maximum Gasteiger partial charge on any atom is 0.233 e. The molecule has 142 valence electrons. The third-order valence-corrected chi connectivity index (χ3v) is 5.37. The second kappa shape index (κ2) is 8.30. The van der Waals surface area contributed by atoms with Crippen molar-refractivity contribution in [3.63, 3.8) is 0 Å². The summed E-state index contributed by atoms with van der Waals surface area (Å²) in [6, 6.07) is 9.48. The van der Waals surface area contributed by atoms with Crippen LogP contribution in [0.3, 0.4) is 0 Å². The number of aryl methyl sites for hydroxylation is 1. The first kappa shape index (κ1) is 19.0. The van der Waals surface area contributed by atoms with Crippen molar-refractivity contribution in [3.05, 3.63) is 47.9 Å². The van der Waals surface area contributed by atoms with E-state index in [9.17, 15) is 4.79 Å². The Morgan fingerprint density at radius 2 is 2.11 bits per heavy atom. The third-order valence-electron chi connectivity index (χ3n) is 4.23. The van der Waals surface area contributed by atoms with Gasteiger partial charge in [-0.25, -0.2) is 0 Å². The van der Waals surface area contributed by atoms with E-state index in [1.165, 1.54) is 11.8 Å². The number of amides is 1. The number of carbonyl (C=O) groups excluding carboxylic acids is 1. The van der Waals surface area contributed by atoms with Gasteiger partial charge in [0.1, 0.15) is 11.5 Å². The molecule has 3 rings (SSSR count). The van der Waals surface area contributed by atoms with Crippen LogP contribution in [0, 0.1) is 6.92 Å². The highest BCUT2D eigenvalue weighted by molar-refractivity contribution is 8.00. The summed E-state index contributed by atoms with van der Waals surface area (Å²) in [5.74, 6) is 2.18. The van der Waals surface area contributed by atoms with Crippen molar-refractivity contribution < 1.29 is 13.9 Å². The number of nitrogens with one attached hydrogen (secondary N) is 1. The number of ether oxygens (including phenoxy) is 1. The summed E-state index contributed by atoms with van der Waals surface area (Å²) in [4.78, 5) is 12.5. The first-order valence-corrected chi connectivity index (χ1v) is 9.39. The van der Waals surface area contributed by atoms with Crippen LogP contribution in [0.1, 0.15) is 18.2 Å². The Morgan fingerprint density at radius 3 is 2.81 bits per heavy atom. The summed E-state index contributed by atoms with van der Waals surface area (Å²) in [5, 5.41) is 11.7. The molecule has 0 aliphatic heterocycles. The van der Waals surface area contributed by atoms with E-state index >= 15 is 0 Å². The van der Waals surface area contributed by atoms with E-state index < -0.39 is 0 Å².